The largest absolute Gasteiger partial charge is 0.115 e. The molecule has 0 aromatic rings. The van der Waals surface area contributed by atoms with Gasteiger partial charge in [-0.3, -0.25) is 0 Å². The third kappa shape index (κ3) is 0.715. The predicted octanol–water partition coefficient (Wildman–Crippen LogP) is 2.49. The standard InChI is InChI=1S/C11H11/c1-4-9-6-5-8(2)11(3)7-10(9)11/h1,5-6H,7H2,2-3H3. The molecule has 2 rings (SSSR count). The van der Waals surface area contributed by atoms with Crippen LogP contribution in [0.2, 0.25) is 0 Å². The summed E-state index contributed by atoms with van der Waals surface area (Å²) in [6, 6.07) is 0. The predicted molar refractivity (Wildman–Crippen MR) is 46.6 cm³/mol. The van der Waals surface area contributed by atoms with Crippen LogP contribution in [0, 0.1) is 23.7 Å². The molecule has 0 aromatic carbocycles. The van der Waals surface area contributed by atoms with Crippen LogP contribution in [0.25, 0.3) is 0 Å². The SMILES string of the molecule is C#CC1=CC=C(C)C2(C)C[C]12. The number of hydrogen-bond acceptors (Lipinski definition) is 0. The molecule has 2 aliphatic rings. The molecule has 1 fully saturated rings. The number of terminal acetylenes is 1. The van der Waals surface area contributed by atoms with Gasteiger partial charge in [-0.05, 0) is 13.3 Å². The zero-order valence-electron chi connectivity index (χ0n) is 6.94. The van der Waals surface area contributed by atoms with Gasteiger partial charge in [0.1, 0.15) is 0 Å². The molecule has 0 N–H and O–H groups in total. The van der Waals surface area contributed by atoms with Crippen molar-refractivity contribution in [3.05, 3.63) is 29.2 Å². The summed E-state index contributed by atoms with van der Waals surface area (Å²) in [6.07, 6.45) is 10.7. The topological polar surface area (TPSA) is 0 Å². The van der Waals surface area contributed by atoms with Gasteiger partial charge in [-0.25, -0.2) is 0 Å². The molecule has 0 amide bonds. The average Bonchev–Trinajstić information content (AvgIpc) is 2.65. The molecule has 0 saturated heterocycles. The first-order valence-corrected chi connectivity index (χ1v) is 3.91. The summed E-state index contributed by atoms with van der Waals surface area (Å²) in [5, 5.41) is 0. The van der Waals surface area contributed by atoms with Gasteiger partial charge >= 0.3 is 0 Å². The summed E-state index contributed by atoms with van der Waals surface area (Å²) in [4.78, 5) is 0. The van der Waals surface area contributed by atoms with E-state index in [0.717, 1.165) is 5.57 Å². The van der Waals surface area contributed by atoms with Gasteiger partial charge in [0.15, 0.2) is 0 Å². The lowest BCUT2D eigenvalue weighted by atomic mass is 9.89. The molecule has 55 valence electrons. The third-order valence-electron chi connectivity index (χ3n) is 2.92. The summed E-state index contributed by atoms with van der Waals surface area (Å²) >= 11 is 0. The highest BCUT2D eigenvalue weighted by molar-refractivity contribution is 5.60. The molecule has 0 heterocycles. The van der Waals surface area contributed by atoms with E-state index in [0.29, 0.717) is 5.41 Å². The number of fused-ring (bicyclic) bond motifs is 1. The van der Waals surface area contributed by atoms with E-state index in [9.17, 15) is 0 Å². The lowest BCUT2D eigenvalue weighted by Crippen LogP contribution is -2.03. The van der Waals surface area contributed by atoms with Crippen LogP contribution in [0.1, 0.15) is 20.3 Å². The highest BCUT2D eigenvalue weighted by Crippen LogP contribution is 2.64. The number of rotatable bonds is 0. The van der Waals surface area contributed by atoms with Gasteiger partial charge in [0, 0.05) is 16.9 Å². The molecular formula is C11H11. The van der Waals surface area contributed by atoms with E-state index < -0.39 is 0 Å². The molecule has 0 nitrogen and oxygen atoms in total. The maximum Gasteiger partial charge on any atom is 0.0244 e. The Hall–Kier alpha value is -0.960. The van der Waals surface area contributed by atoms with Gasteiger partial charge in [0.25, 0.3) is 0 Å². The van der Waals surface area contributed by atoms with Crippen molar-refractivity contribution < 1.29 is 0 Å². The Bertz CT molecular complexity index is 298. The van der Waals surface area contributed by atoms with Gasteiger partial charge in [0.2, 0.25) is 0 Å². The molecule has 1 atom stereocenters. The number of hydrogen-bond donors (Lipinski definition) is 0. The van der Waals surface area contributed by atoms with E-state index in [4.69, 9.17) is 6.42 Å². The summed E-state index contributed by atoms with van der Waals surface area (Å²) in [5.74, 6) is 4.18. The lowest BCUT2D eigenvalue weighted by Gasteiger charge is -2.14. The molecule has 1 unspecified atom stereocenters. The van der Waals surface area contributed by atoms with Gasteiger partial charge in [-0.2, -0.15) is 0 Å². The smallest absolute Gasteiger partial charge is 0.0244 e. The van der Waals surface area contributed by atoms with Gasteiger partial charge in [-0.1, -0.05) is 30.6 Å². The minimum Gasteiger partial charge on any atom is -0.115 e. The fourth-order valence-electron chi connectivity index (χ4n) is 1.71. The molecule has 1 saturated carbocycles. The van der Waals surface area contributed by atoms with Crippen molar-refractivity contribution in [2.45, 2.75) is 20.3 Å². The Kier molecular flexibility index (Phi) is 1.10. The molecule has 0 aliphatic heterocycles. The van der Waals surface area contributed by atoms with Crippen LogP contribution in [0.5, 0.6) is 0 Å². The Morgan fingerprint density at radius 3 is 2.91 bits per heavy atom. The molecule has 0 bridgehead atoms. The second kappa shape index (κ2) is 1.80. The highest BCUT2D eigenvalue weighted by atomic mass is 14.6. The summed E-state index contributed by atoms with van der Waals surface area (Å²) in [7, 11) is 0. The molecule has 11 heavy (non-hydrogen) atoms. The van der Waals surface area contributed by atoms with Crippen LogP contribution in [0.15, 0.2) is 23.3 Å². The molecular weight excluding hydrogens is 132 g/mol. The molecule has 0 heteroatoms. The van der Waals surface area contributed by atoms with Crippen molar-refractivity contribution in [3.8, 4) is 12.3 Å². The second-order valence-electron chi connectivity index (χ2n) is 3.56. The molecule has 2 aliphatic carbocycles. The van der Waals surface area contributed by atoms with Crippen molar-refractivity contribution >= 4 is 0 Å². The minimum atomic E-state index is 0.344. The first-order valence-electron chi connectivity index (χ1n) is 3.91. The van der Waals surface area contributed by atoms with E-state index >= 15 is 0 Å². The van der Waals surface area contributed by atoms with Crippen LogP contribution in [0.3, 0.4) is 0 Å². The average molecular weight is 143 g/mol. The minimum absolute atomic E-state index is 0.344. The second-order valence-corrected chi connectivity index (χ2v) is 3.56. The maximum absolute atomic E-state index is 5.36. The van der Waals surface area contributed by atoms with Gasteiger partial charge in [-0.15, -0.1) is 6.42 Å². The quantitative estimate of drug-likeness (QED) is 0.457. The maximum atomic E-state index is 5.36. The molecule has 1 radical (unpaired) electrons. The van der Waals surface area contributed by atoms with Crippen molar-refractivity contribution in [3.63, 3.8) is 0 Å². The van der Waals surface area contributed by atoms with Crippen LogP contribution in [0.4, 0.5) is 0 Å². The third-order valence-corrected chi connectivity index (χ3v) is 2.92. The van der Waals surface area contributed by atoms with Crippen molar-refractivity contribution in [1.29, 1.82) is 0 Å². The van der Waals surface area contributed by atoms with Crippen LogP contribution in [-0.4, -0.2) is 0 Å². The summed E-state index contributed by atoms with van der Waals surface area (Å²) in [6.45, 7) is 4.44. The Morgan fingerprint density at radius 1 is 1.55 bits per heavy atom. The zero-order chi connectivity index (χ0) is 8.06. The van der Waals surface area contributed by atoms with Crippen molar-refractivity contribution in [1.82, 2.24) is 0 Å². The molecule has 0 spiro atoms. The number of allylic oxidation sites excluding steroid dienone is 4. The van der Waals surface area contributed by atoms with Crippen molar-refractivity contribution in [2.75, 3.05) is 0 Å². The zero-order valence-corrected chi connectivity index (χ0v) is 6.94. The van der Waals surface area contributed by atoms with Crippen LogP contribution < -0.4 is 0 Å². The Morgan fingerprint density at radius 2 is 2.27 bits per heavy atom. The normalized spacial score (nSPS) is 35.0. The van der Waals surface area contributed by atoms with Gasteiger partial charge in [0.05, 0.1) is 0 Å². The van der Waals surface area contributed by atoms with Crippen LogP contribution >= 0.6 is 0 Å². The fourth-order valence-corrected chi connectivity index (χ4v) is 1.71. The lowest BCUT2D eigenvalue weighted by molar-refractivity contribution is 0.701. The van der Waals surface area contributed by atoms with Crippen molar-refractivity contribution in [2.24, 2.45) is 5.41 Å². The van der Waals surface area contributed by atoms with E-state index in [-0.39, 0.29) is 0 Å². The first kappa shape index (κ1) is 6.73. The first-order chi connectivity index (χ1) is 5.18. The van der Waals surface area contributed by atoms with Gasteiger partial charge < -0.3 is 0 Å². The summed E-state index contributed by atoms with van der Waals surface area (Å²) < 4.78 is 0. The Labute approximate surface area is 68.0 Å². The van der Waals surface area contributed by atoms with E-state index in [1.165, 1.54) is 17.9 Å². The molecule has 0 aromatic heterocycles. The van der Waals surface area contributed by atoms with Crippen LogP contribution in [-0.2, 0) is 0 Å². The van der Waals surface area contributed by atoms with E-state index in [1.54, 1.807) is 0 Å². The van der Waals surface area contributed by atoms with E-state index in [2.05, 4.69) is 31.9 Å². The monoisotopic (exact) mass is 143 g/mol. The highest BCUT2D eigenvalue weighted by Gasteiger charge is 2.54. The van der Waals surface area contributed by atoms with E-state index in [1.807, 2.05) is 0 Å². The Balaban J connectivity index is 2.41. The summed E-state index contributed by atoms with van der Waals surface area (Å²) in [5.41, 5.74) is 2.90. The fraction of sp³-hybridized carbons (Fsp3) is 0.364.